The van der Waals surface area contributed by atoms with Crippen LogP contribution < -0.4 is 4.18 Å². The fourth-order valence-corrected chi connectivity index (χ4v) is 2.92. The van der Waals surface area contributed by atoms with Crippen molar-refractivity contribution in [1.29, 1.82) is 0 Å². The van der Waals surface area contributed by atoms with E-state index in [9.17, 15) is 8.42 Å². The molecule has 2 aromatic rings. The van der Waals surface area contributed by atoms with Crippen molar-refractivity contribution in [2.75, 3.05) is 0 Å². The third kappa shape index (κ3) is 2.85. The molecule has 4 heteroatoms. The van der Waals surface area contributed by atoms with Crippen LogP contribution in [0.1, 0.15) is 22.3 Å². The Bertz CT molecular complexity index is 746. The van der Waals surface area contributed by atoms with Crippen LogP contribution in [-0.2, 0) is 10.1 Å². The zero-order valence-electron chi connectivity index (χ0n) is 12.1. The summed E-state index contributed by atoms with van der Waals surface area (Å²) in [6.45, 7) is 7.59. The number of aryl methyl sites for hydroxylation is 3. The van der Waals surface area contributed by atoms with Gasteiger partial charge in [0, 0.05) is 0 Å². The second-order valence-electron chi connectivity index (χ2n) is 4.98. The van der Waals surface area contributed by atoms with Crippen molar-refractivity contribution in [2.24, 2.45) is 0 Å². The van der Waals surface area contributed by atoms with Gasteiger partial charge in [0.2, 0.25) is 0 Å². The molecule has 20 heavy (non-hydrogen) atoms. The van der Waals surface area contributed by atoms with E-state index in [4.69, 9.17) is 4.18 Å². The first kappa shape index (κ1) is 14.6. The van der Waals surface area contributed by atoms with Gasteiger partial charge < -0.3 is 4.18 Å². The maximum atomic E-state index is 12.3. The smallest absolute Gasteiger partial charge is 0.339 e. The quantitative estimate of drug-likeness (QED) is 0.810. The zero-order chi connectivity index (χ0) is 14.9. The van der Waals surface area contributed by atoms with E-state index in [0.717, 1.165) is 22.3 Å². The van der Waals surface area contributed by atoms with Gasteiger partial charge in [-0.25, -0.2) is 0 Å². The minimum atomic E-state index is -3.79. The molecular weight excluding hydrogens is 272 g/mol. The van der Waals surface area contributed by atoms with Gasteiger partial charge in [-0.3, -0.25) is 0 Å². The van der Waals surface area contributed by atoms with Crippen LogP contribution in [0, 0.1) is 27.7 Å². The third-order valence-corrected chi connectivity index (χ3v) is 4.75. The van der Waals surface area contributed by atoms with Crippen LogP contribution in [0.15, 0.2) is 41.3 Å². The molecule has 0 aliphatic carbocycles. The van der Waals surface area contributed by atoms with E-state index < -0.39 is 10.1 Å². The lowest BCUT2D eigenvalue weighted by Crippen LogP contribution is -2.11. The Morgan fingerprint density at radius 2 is 1.55 bits per heavy atom. The van der Waals surface area contributed by atoms with Crippen molar-refractivity contribution in [1.82, 2.24) is 0 Å². The highest BCUT2D eigenvalue weighted by atomic mass is 32.2. The molecule has 0 fully saturated rings. The van der Waals surface area contributed by atoms with Gasteiger partial charge in [-0.05, 0) is 68.1 Å². The Balaban J connectivity index is 2.41. The molecule has 2 aromatic carbocycles. The summed E-state index contributed by atoms with van der Waals surface area (Å²) >= 11 is 0. The summed E-state index contributed by atoms with van der Waals surface area (Å²) in [5, 5.41) is 0. The minimum Gasteiger partial charge on any atom is -0.379 e. The number of hydrogen-bond donors (Lipinski definition) is 0. The predicted octanol–water partition coefficient (Wildman–Crippen LogP) is 3.69. The van der Waals surface area contributed by atoms with Crippen molar-refractivity contribution in [3.63, 3.8) is 0 Å². The van der Waals surface area contributed by atoms with Gasteiger partial charge >= 0.3 is 10.1 Å². The molecule has 0 radical (unpaired) electrons. The van der Waals surface area contributed by atoms with Crippen LogP contribution in [0.4, 0.5) is 0 Å². The van der Waals surface area contributed by atoms with E-state index >= 15 is 0 Å². The SMILES string of the molecule is Cc1ccc(S(=O)(=O)Oc2cccc(C)c2C)cc1C. The first-order valence-corrected chi connectivity index (χ1v) is 7.80. The van der Waals surface area contributed by atoms with Crippen LogP contribution in [0.3, 0.4) is 0 Å². The zero-order valence-corrected chi connectivity index (χ0v) is 12.9. The van der Waals surface area contributed by atoms with Gasteiger partial charge in [-0.15, -0.1) is 0 Å². The summed E-state index contributed by atoms with van der Waals surface area (Å²) in [6.07, 6.45) is 0. The van der Waals surface area contributed by atoms with Crippen LogP contribution in [0.2, 0.25) is 0 Å². The Labute approximate surface area is 120 Å². The number of benzene rings is 2. The Hall–Kier alpha value is -1.81. The Kier molecular flexibility index (Phi) is 3.86. The lowest BCUT2D eigenvalue weighted by Gasteiger charge is -2.11. The van der Waals surface area contributed by atoms with E-state index in [1.165, 1.54) is 0 Å². The second-order valence-corrected chi connectivity index (χ2v) is 6.53. The summed E-state index contributed by atoms with van der Waals surface area (Å²) < 4.78 is 29.9. The van der Waals surface area contributed by atoms with Crippen LogP contribution in [0.5, 0.6) is 5.75 Å². The van der Waals surface area contributed by atoms with E-state index in [1.54, 1.807) is 30.3 Å². The molecule has 106 valence electrons. The predicted molar refractivity (Wildman–Crippen MR) is 79.6 cm³/mol. The van der Waals surface area contributed by atoms with Crippen molar-refractivity contribution in [3.05, 3.63) is 58.7 Å². The van der Waals surface area contributed by atoms with Gasteiger partial charge in [0.15, 0.2) is 0 Å². The Morgan fingerprint density at radius 3 is 2.20 bits per heavy atom. The largest absolute Gasteiger partial charge is 0.379 e. The van der Waals surface area contributed by atoms with E-state index in [2.05, 4.69) is 0 Å². The molecule has 0 aliphatic rings. The van der Waals surface area contributed by atoms with Gasteiger partial charge in [0.25, 0.3) is 0 Å². The third-order valence-electron chi connectivity index (χ3n) is 3.52. The van der Waals surface area contributed by atoms with Crippen molar-refractivity contribution >= 4 is 10.1 Å². The molecule has 3 nitrogen and oxygen atoms in total. The maximum absolute atomic E-state index is 12.3. The normalized spacial score (nSPS) is 11.4. The summed E-state index contributed by atoms with van der Waals surface area (Å²) in [4.78, 5) is 0.182. The lowest BCUT2D eigenvalue weighted by molar-refractivity contribution is 0.484. The summed E-state index contributed by atoms with van der Waals surface area (Å²) in [6, 6.07) is 10.4. The maximum Gasteiger partial charge on any atom is 0.339 e. The Morgan fingerprint density at radius 1 is 0.850 bits per heavy atom. The summed E-state index contributed by atoms with van der Waals surface area (Å²) in [5.41, 5.74) is 3.81. The molecule has 0 atom stereocenters. The van der Waals surface area contributed by atoms with Crippen molar-refractivity contribution in [3.8, 4) is 5.75 Å². The summed E-state index contributed by atoms with van der Waals surface area (Å²) in [7, 11) is -3.79. The molecular formula is C16H18O3S. The van der Waals surface area contributed by atoms with Gasteiger partial charge in [0.05, 0.1) is 0 Å². The average Bonchev–Trinajstić information content (AvgIpc) is 2.38. The summed E-state index contributed by atoms with van der Waals surface area (Å²) in [5.74, 6) is 0.378. The lowest BCUT2D eigenvalue weighted by atomic mass is 10.1. The van der Waals surface area contributed by atoms with E-state index in [1.807, 2.05) is 33.8 Å². The molecule has 0 aromatic heterocycles. The highest BCUT2D eigenvalue weighted by Crippen LogP contribution is 2.25. The van der Waals surface area contributed by atoms with Crippen LogP contribution in [0.25, 0.3) is 0 Å². The van der Waals surface area contributed by atoms with Gasteiger partial charge in [0.1, 0.15) is 10.6 Å². The van der Waals surface area contributed by atoms with Crippen molar-refractivity contribution in [2.45, 2.75) is 32.6 Å². The molecule has 0 saturated heterocycles. The molecule has 0 heterocycles. The van der Waals surface area contributed by atoms with Crippen LogP contribution in [-0.4, -0.2) is 8.42 Å². The van der Waals surface area contributed by atoms with E-state index in [0.29, 0.717) is 5.75 Å². The molecule has 0 N–H and O–H groups in total. The molecule has 0 unspecified atom stereocenters. The van der Waals surface area contributed by atoms with Gasteiger partial charge in [-0.2, -0.15) is 8.42 Å². The molecule has 0 spiro atoms. The molecule has 0 amide bonds. The highest BCUT2D eigenvalue weighted by molar-refractivity contribution is 7.87. The average molecular weight is 290 g/mol. The highest BCUT2D eigenvalue weighted by Gasteiger charge is 2.18. The molecule has 0 aliphatic heterocycles. The minimum absolute atomic E-state index is 0.182. The first-order valence-electron chi connectivity index (χ1n) is 6.39. The van der Waals surface area contributed by atoms with Crippen LogP contribution >= 0.6 is 0 Å². The van der Waals surface area contributed by atoms with Crippen molar-refractivity contribution < 1.29 is 12.6 Å². The monoisotopic (exact) mass is 290 g/mol. The second kappa shape index (κ2) is 5.29. The van der Waals surface area contributed by atoms with E-state index in [-0.39, 0.29) is 4.90 Å². The van der Waals surface area contributed by atoms with Gasteiger partial charge in [-0.1, -0.05) is 18.2 Å². The molecule has 0 bridgehead atoms. The first-order chi connectivity index (χ1) is 9.31. The fourth-order valence-electron chi connectivity index (χ4n) is 1.85. The fraction of sp³-hybridized carbons (Fsp3) is 0.250. The number of hydrogen-bond acceptors (Lipinski definition) is 3. The molecule has 2 rings (SSSR count). The number of rotatable bonds is 3. The molecule has 0 saturated carbocycles. The topological polar surface area (TPSA) is 43.4 Å². The standard InChI is InChI=1S/C16H18O3S/c1-11-8-9-15(10-13(11)3)20(17,18)19-16-7-5-6-12(2)14(16)4/h5-10H,1-4H3.